The molecule has 0 amide bonds. The van der Waals surface area contributed by atoms with E-state index < -0.39 is 5.82 Å². The van der Waals surface area contributed by atoms with Crippen LogP contribution in [0.15, 0.2) is 36.4 Å². The number of hydrogen-bond donors (Lipinski definition) is 1. The minimum absolute atomic E-state index is 0.237. The van der Waals surface area contributed by atoms with Crippen LogP contribution in [-0.4, -0.2) is 7.11 Å². The molecule has 2 rings (SSSR count). The molecule has 0 fully saturated rings. The first-order valence-corrected chi connectivity index (χ1v) is 5.38. The molecule has 0 aromatic heterocycles. The molecule has 0 aliphatic heterocycles. The summed E-state index contributed by atoms with van der Waals surface area (Å²) in [5.41, 5.74) is 6.91. The third kappa shape index (κ3) is 2.34. The summed E-state index contributed by atoms with van der Waals surface area (Å²) in [5, 5.41) is 0.345. The lowest BCUT2D eigenvalue weighted by Crippen LogP contribution is -1.91. The molecule has 4 heteroatoms. The van der Waals surface area contributed by atoms with Crippen molar-refractivity contribution in [1.82, 2.24) is 0 Å². The average Bonchev–Trinajstić information content (AvgIpc) is 2.34. The van der Waals surface area contributed by atoms with Gasteiger partial charge in [0.05, 0.1) is 17.8 Å². The molecule has 2 aromatic rings. The second kappa shape index (κ2) is 4.63. The van der Waals surface area contributed by atoms with Gasteiger partial charge in [0.1, 0.15) is 11.6 Å². The van der Waals surface area contributed by atoms with Crippen molar-refractivity contribution >= 4 is 17.3 Å². The molecule has 0 heterocycles. The van der Waals surface area contributed by atoms with Crippen LogP contribution in [0.25, 0.3) is 11.1 Å². The van der Waals surface area contributed by atoms with E-state index in [2.05, 4.69) is 0 Å². The molecule has 2 nitrogen and oxygen atoms in total. The minimum atomic E-state index is -0.392. The smallest absolute Gasteiger partial charge is 0.133 e. The van der Waals surface area contributed by atoms with Crippen LogP contribution in [0.2, 0.25) is 5.02 Å². The first kappa shape index (κ1) is 11.7. The predicted molar refractivity (Wildman–Crippen MR) is 67.8 cm³/mol. The van der Waals surface area contributed by atoms with Crippen molar-refractivity contribution in [2.45, 2.75) is 0 Å². The standard InChI is InChI=1S/C13H11ClFNO/c1-17-9-4-2-8(3-5-9)10-6-11(14)13(16)7-12(10)15/h2-7H,16H2,1H3. The summed E-state index contributed by atoms with van der Waals surface area (Å²) < 4.78 is 18.8. The number of hydrogen-bond acceptors (Lipinski definition) is 2. The summed E-state index contributed by atoms with van der Waals surface area (Å²) >= 11 is 5.88. The molecule has 0 aliphatic carbocycles. The molecule has 0 atom stereocenters. The first-order chi connectivity index (χ1) is 8.11. The second-order valence-electron chi connectivity index (χ2n) is 3.58. The highest BCUT2D eigenvalue weighted by Crippen LogP contribution is 2.30. The van der Waals surface area contributed by atoms with Crippen molar-refractivity contribution < 1.29 is 9.13 Å². The van der Waals surface area contributed by atoms with E-state index in [-0.39, 0.29) is 5.69 Å². The highest BCUT2D eigenvalue weighted by Gasteiger charge is 2.08. The van der Waals surface area contributed by atoms with E-state index in [0.717, 1.165) is 11.3 Å². The SMILES string of the molecule is COc1ccc(-c2cc(Cl)c(N)cc2F)cc1. The first-order valence-electron chi connectivity index (χ1n) is 5.01. The molecule has 2 aromatic carbocycles. The Kier molecular flexibility index (Phi) is 3.20. The molecule has 0 radical (unpaired) electrons. The highest BCUT2D eigenvalue weighted by atomic mass is 35.5. The molecule has 0 saturated heterocycles. The lowest BCUT2D eigenvalue weighted by atomic mass is 10.0. The lowest BCUT2D eigenvalue weighted by Gasteiger charge is -2.07. The maximum atomic E-state index is 13.7. The Balaban J connectivity index is 2.48. The van der Waals surface area contributed by atoms with Gasteiger partial charge in [0.15, 0.2) is 0 Å². The molecular weight excluding hydrogens is 241 g/mol. The third-order valence-electron chi connectivity index (χ3n) is 2.49. The van der Waals surface area contributed by atoms with Gasteiger partial charge in [-0.05, 0) is 29.8 Å². The number of halogens is 2. The molecule has 88 valence electrons. The zero-order valence-electron chi connectivity index (χ0n) is 9.21. The van der Waals surface area contributed by atoms with E-state index in [1.54, 1.807) is 31.4 Å². The molecule has 0 unspecified atom stereocenters. The topological polar surface area (TPSA) is 35.2 Å². The van der Waals surface area contributed by atoms with Crippen molar-refractivity contribution in [1.29, 1.82) is 0 Å². The van der Waals surface area contributed by atoms with Crippen LogP contribution in [0.3, 0.4) is 0 Å². The van der Waals surface area contributed by atoms with Gasteiger partial charge in [0.25, 0.3) is 0 Å². The number of benzene rings is 2. The summed E-state index contributed by atoms with van der Waals surface area (Å²) in [6.07, 6.45) is 0. The van der Waals surface area contributed by atoms with Gasteiger partial charge < -0.3 is 10.5 Å². The van der Waals surface area contributed by atoms with Gasteiger partial charge in [0.2, 0.25) is 0 Å². The maximum absolute atomic E-state index is 13.7. The van der Waals surface area contributed by atoms with Crippen LogP contribution >= 0.6 is 11.6 Å². The fourth-order valence-electron chi connectivity index (χ4n) is 1.55. The predicted octanol–water partition coefficient (Wildman–Crippen LogP) is 3.74. The summed E-state index contributed by atoms with van der Waals surface area (Å²) in [5.74, 6) is 0.327. The average molecular weight is 252 g/mol. The van der Waals surface area contributed by atoms with E-state index in [1.165, 1.54) is 12.1 Å². The quantitative estimate of drug-likeness (QED) is 0.826. The number of rotatable bonds is 2. The number of ether oxygens (including phenoxy) is 1. The number of anilines is 1. The van der Waals surface area contributed by atoms with Gasteiger partial charge in [0, 0.05) is 5.56 Å². The van der Waals surface area contributed by atoms with E-state index in [9.17, 15) is 4.39 Å². The summed E-state index contributed by atoms with van der Waals surface area (Å²) in [4.78, 5) is 0. The summed E-state index contributed by atoms with van der Waals surface area (Å²) in [7, 11) is 1.58. The summed E-state index contributed by atoms with van der Waals surface area (Å²) in [6.45, 7) is 0. The van der Waals surface area contributed by atoms with Crippen molar-refractivity contribution in [2.24, 2.45) is 0 Å². The fraction of sp³-hybridized carbons (Fsp3) is 0.0769. The van der Waals surface area contributed by atoms with Crippen molar-refractivity contribution in [2.75, 3.05) is 12.8 Å². The Morgan fingerprint density at radius 3 is 2.41 bits per heavy atom. The molecule has 0 bridgehead atoms. The Hall–Kier alpha value is -1.74. The fourth-order valence-corrected chi connectivity index (χ4v) is 1.72. The van der Waals surface area contributed by atoms with Gasteiger partial charge in [-0.1, -0.05) is 23.7 Å². The van der Waals surface area contributed by atoms with Crippen molar-refractivity contribution in [3.63, 3.8) is 0 Å². The Bertz CT molecular complexity index is 540. The zero-order chi connectivity index (χ0) is 12.4. The highest BCUT2D eigenvalue weighted by molar-refractivity contribution is 6.33. The van der Waals surface area contributed by atoms with Crippen LogP contribution in [0.5, 0.6) is 5.75 Å². The lowest BCUT2D eigenvalue weighted by molar-refractivity contribution is 0.415. The maximum Gasteiger partial charge on any atom is 0.133 e. The van der Waals surface area contributed by atoms with Gasteiger partial charge in [-0.3, -0.25) is 0 Å². The molecular formula is C13H11ClFNO. The van der Waals surface area contributed by atoms with Crippen LogP contribution < -0.4 is 10.5 Å². The van der Waals surface area contributed by atoms with Crippen LogP contribution in [0.1, 0.15) is 0 Å². The Labute approximate surface area is 104 Å². The zero-order valence-corrected chi connectivity index (χ0v) is 9.96. The Morgan fingerprint density at radius 2 is 1.82 bits per heavy atom. The second-order valence-corrected chi connectivity index (χ2v) is 3.99. The summed E-state index contributed by atoms with van der Waals surface area (Å²) in [6, 6.07) is 9.81. The monoisotopic (exact) mass is 251 g/mol. The molecule has 0 spiro atoms. The van der Waals surface area contributed by atoms with Crippen molar-refractivity contribution in [3.8, 4) is 16.9 Å². The Morgan fingerprint density at radius 1 is 1.18 bits per heavy atom. The van der Waals surface area contributed by atoms with Crippen LogP contribution in [0.4, 0.5) is 10.1 Å². The molecule has 0 saturated carbocycles. The van der Waals surface area contributed by atoms with E-state index >= 15 is 0 Å². The number of methoxy groups -OCH3 is 1. The van der Waals surface area contributed by atoms with E-state index in [1.807, 2.05) is 0 Å². The number of nitrogens with two attached hydrogens (primary N) is 1. The van der Waals surface area contributed by atoms with E-state index in [4.69, 9.17) is 22.1 Å². The normalized spacial score (nSPS) is 10.3. The van der Waals surface area contributed by atoms with Crippen LogP contribution in [0, 0.1) is 5.82 Å². The van der Waals surface area contributed by atoms with E-state index in [0.29, 0.717) is 10.6 Å². The van der Waals surface area contributed by atoms with Gasteiger partial charge in [-0.25, -0.2) is 4.39 Å². The van der Waals surface area contributed by atoms with Crippen molar-refractivity contribution in [3.05, 3.63) is 47.2 Å². The largest absolute Gasteiger partial charge is 0.497 e. The molecule has 17 heavy (non-hydrogen) atoms. The molecule has 2 N–H and O–H groups in total. The minimum Gasteiger partial charge on any atom is -0.497 e. The molecule has 0 aliphatic rings. The third-order valence-corrected chi connectivity index (χ3v) is 2.81. The number of nitrogen functional groups attached to an aromatic ring is 1. The van der Waals surface area contributed by atoms with Crippen LogP contribution in [-0.2, 0) is 0 Å². The van der Waals surface area contributed by atoms with Gasteiger partial charge in [-0.15, -0.1) is 0 Å². The van der Waals surface area contributed by atoms with Gasteiger partial charge in [-0.2, -0.15) is 0 Å². The van der Waals surface area contributed by atoms with Gasteiger partial charge >= 0.3 is 0 Å².